The lowest BCUT2D eigenvalue weighted by molar-refractivity contribution is -0.140. The molecule has 0 aliphatic rings. The van der Waals surface area contributed by atoms with Crippen LogP contribution in [0.4, 0.5) is 0 Å². The Labute approximate surface area is 120 Å². The van der Waals surface area contributed by atoms with Crippen LogP contribution in [-0.4, -0.2) is 11.4 Å². The molecule has 0 aliphatic heterocycles. The highest BCUT2D eigenvalue weighted by Gasteiger charge is 2.47. The lowest BCUT2D eigenvalue weighted by Crippen LogP contribution is -2.54. The summed E-state index contributed by atoms with van der Waals surface area (Å²) < 4.78 is 0. The van der Waals surface area contributed by atoms with Gasteiger partial charge in [-0.1, -0.05) is 55.4 Å². The van der Waals surface area contributed by atoms with Gasteiger partial charge in [0.1, 0.15) is 0 Å². The maximum Gasteiger partial charge on any atom is 0.226 e. The molecule has 1 amide bonds. The Balaban J connectivity index is 5.34. The van der Waals surface area contributed by atoms with Crippen LogP contribution in [0, 0.1) is 16.2 Å². The molecule has 2 heteroatoms. The van der Waals surface area contributed by atoms with E-state index in [1.807, 2.05) is 0 Å². The second-order valence-electron chi connectivity index (χ2n) is 9.01. The Morgan fingerprint density at radius 2 is 1.32 bits per heavy atom. The van der Waals surface area contributed by atoms with Gasteiger partial charge in [-0.25, -0.2) is 0 Å². The van der Waals surface area contributed by atoms with Crippen LogP contribution in [0.2, 0.25) is 0 Å². The molecule has 0 fully saturated rings. The van der Waals surface area contributed by atoms with Crippen LogP contribution in [0.25, 0.3) is 0 Å². The van der Waals surface area contributed by atoms with E-state index in [0.717, 1.165) is 12.8 Å². The number of carbonyl (C=O) groups excluding carboxylic acids is 1. The average molecular weight is 269 g/mol. The molecule has 0 rings (SSSR count). The molecular formula is C17H35NO. The van der Waals surface area contributed by atoms with E-state index in [1.54, 1.807) is 0 Å². The highest BCUT2D eigenvalue weighted by atomic mass is 16.2. The van der Waals surface area contributed by atoms with Crippen LogP contribution in [0.1, 0.15) is 82.1 Å². The van der Waals surface area contributed by atoms with Gasteiger partial charge in [0.2, 0.25) is 5.91 Å². The molecule has 0 spiro atoms. The smallest absolute Gasteiger partial charge is 0.226 e. The van der Waals surface area contributed by atoms with Crippen LogP contribution in [0.3, 0.4) is 0 Å². The normalized spacial score (nSPS) is 16.9. The fourth-order valence-electron chi connectivity index (χ4n) is 2.28. The summed E-state index contributed by atoms with van der Waals surface area (Å²) in [6.45, 7) is 21.5. The number of carbonyl (C=O) groups is 1. The van der Waals surface area contributed by atoms with Crippen molar-refractivity contribution in [3.05, 3.63) is 0 Å². The zero-order chi connectivity index (χ0) is 15.7. The number of amides is 1. The Morgan fingerprint density at radius 3 is 1.58 bits per heavy atom. The second kappa shape index (κ2) is 5.46. The Morgan fingerprint density at radius 1 is 0.895 bits per heavy atom. The van der Waals surface area contributed by atoms with E-state index in [1.165, 1.54) is 0 Å². The van der Waals surface area contributed by atoms with Crippen molar-refractivity contribution < 1.29 is 4.79 Å². The van der Waals surface area contributed by atoms with E-state index < -0.39 is 0 Å². The first kappa shape index (κ1) is 18.5. The quantitative estimate of drug-likeness (QED) is 0.782. The van der Waals surface area contributed by atoms with E-state index in [0.29, 0.717) is 0 Å². The predicted molar refractivity (Wildman–Crippen MR) is 84.1 cm³/mol. The lowest BCUT2D eigenvalue weighted by Gasteiger charge is -2.45. The number of rotatable bonds is 4. The van der Waals surface area contributed by atoms with Crippen molar-refractivity contribution >= 4 is 5.91 Å². The first-order chi connectivity index (χ1) is 8.15. The highest BCUT2D eigenvalue weighted by molar-refractivity contribution is 5.83. The molecule has 0 saturated carbocycles. The highest BCUT2D eigenvalue weighted by Crippen LogP contribution is 2.47. The van der Waals surface area contributed by atoms with Crippen molar-refractivity contribution in [1.82, 2.24) is 5.32 Å². The summed E-state index contributed by atoms with van der Waals surface area (Å²) in [6, 6.07) is 0. The van der Waals surface area contributed by atoms with E-state index in [2.05, 4.69) is 74.6 Å². The molecule has 0 aliphatic carbocycles. The molecule has 1 N–H and O–H groups in total. The zero-order valence-corrected chi connectivity index (χ0v) is 14.8. The van der Waals surface area contributed by atoms with E-state index in [4.69, 9.17) is 0 Å². The number of nitrogens with one attached hydrogen (secondary N) is 1. The summed E-state index contributed by atoms with van der Waals surface area (Å²) in [5, 5.41) is 3.24. The molecule has 1 atom stereocenters. The second-order valence-corrected chi connectivity index (χ2v) is 9.01. The zero-order valence-electron chi connectivity index (χ0n) is 14.8. The van der Waals surface area contributed by atoms with Crippen molar-refractivity contribution in [3.63, 3.8) is 0 Å². The van der Waals surface area contributed by atoms with Gasteiger partial charge >= 0.3 is 0 Å². The summed E-state index contributed by atoms with van der Waals surface area (Å²) >= 11 is 0. The fourth-order valence-corrected chi connectivity index (χ4v) is 2.28. The molecule has 1 unspecified atom stereocenters. The molecule has 0 bridgehead atoms. The summed E-state index contributed by atoms with van der Waals surface area (Å²) in [7, 11) is 0. The molecule has 0 aromatic carbocycles. The molecule has 0 saturated heterocycles. The van der Waals surface area contributed by atoms with Gasteiger partial charge in [0.05, 0.1) is 5.41 Å². The third-order valence-corrected chi connectivity index (χ3v) is 4.38. The van der Waals surface area contributed by atoms with E-state index in [-0.39, 0.29) is 27.7 Å². The lowest BCUT2D eigenvalue weighted by atomic mass is 9.60. The largest absolute Gasteiger partial charge is 0.351 e. The minimum absolute atomic E-state index is 0.0613. The molecule has 19 heavy (non-hydrogen) atoms. The fraction of sp³-hybridized carbons (Fsp3) is 0.941. The molecule has 114 valence electrons. The van der Waals surface area contributed by atoms with Gasteiger partial charge in [-0.05, 0) is 37.5 Å². The first-order valence-electron chi connectivity index (χ1n) is 7.47. The van der Waals surface area contributed by atoms with Crippen molar-refractivity contribution in [2.24, 2.45) is 16.2 Å². The maximum atomic E-state index is 12.9. The third-order valence-electron chi connectivity index (χ3n) is 4.38. The van der Waals surface area contributed by atoms with Crippen molar-refractivity contribution in [2.45, 2.75) is 87.6 Å². The molecule has 0 aromatic rings. The topological polar surface area (TPSA) is 29.1 Å². The monoisotopic (exact) mass is 269 g/mol. The molecule has 2 nitrogen and oxygen atoms in total. The molecular weight excluding hydrogens is 234 g/mol. The standard InChI is InChI=1S/C17H35NO/c1-11-16(8,9)18-13(19)17(10,15(5,6)7)12-14(2,3)4/h11-12H2,1-10H3,(H,18,19). The molecule has 0 radical (unpaired) electrons. The molecule has 0 heterocycles. The van der Waals surface area contributed by atoms with Gasteiger partial charge in [0.15, 0.2) is 0 Å². The number of hydrogen-bond donors (Lipinski definition) is 1. The van der Waals surface area contributed by atoms with Crippen molar-refractivity contribution in [3.8, 4) is 0 Å². The van der Waals surface area contributed by atoms with Crippen LogP contribution in [-0.2, 0) is 4.79 Å². The van der Waals surface area contributed by atoms with E-state index >= 15 is 0 Å². The summed E-state index contributed by atoms with van der Waals surface area (Å²) in [4.78, 5) is 12.9. The van der Waals surface area contributed by atoms with Gasteiger partial charge < -0.3 is 5.32 Å². The Hall–Kier alpha value is -0.530. The average Bonchev–Trinajstić information content (AvgIpc) is 2.12. The summed E-state index contributed by atoms with van der Waals surface area (Å²) in [5.74, 6) is 0.182. The van der Waals surface area contributed by atoms with Crippen LogP contribution in [0.5, 0.6) is 0 Å². The minimum Gasteiger partial charge on any atom is -0.351 e. The van der Waals surface area contributed by atoms with Crippen molar-refractivity contribution in [2.75, 3.05) is 0 Å². The SMILES string of the molecule is CCC(C)(C)NC(=O)C(C)(CC(C)(C)C)C(C)(C)C. The minimum atomic E-state index is -0.363. The number of hydrogen-bond acceptors (Lipinski definition) is 1. The van der Waals surface area contributed by atoms with Crippen molar-refractivity contribution in [1.29, 1.82) is 0 Å². The summed E-state index contributed by atoms with van der Waals surface area (Å²) in [6.07, 6.45) is 1.82. The predicted octanol–water partition coefficient (Wildman–Crippen LogP) is 4.78. The van der Waals surface area contributed by atoms with Gasteiger partial charge in [0.25, 0.3) is 0 Å². The van der Waals surface area contributed by atoms with Crippen LogP contribution in [0.15, 0.2) is 0 Å². The van der Waals surface area contributed by atoms with Crippen LogP contribution >= 0.6 is 0 Å². The van der Waals surface area contributed by atoms with Gasteiger partial charge in [0, 0.05) is 5.54 Å². The molecule has 0 aromatic heterocycles. The van der Waals surface area contributed by atoms with Gasteiger partial charge in [-0.2, -0.15) is 0 Å². The van der Waals surface area contributed by atoms with Gasteiger partial charge in [-0.15, -0.1) is 0 Å². The van der Waals surface area contributed by atoms with E-state index in [9.17, 15) is 4.79 Å². The van der Waals surface area contributed by atoms with Gasteiger partial charge in [-0.3, -0.25) is 4.79 Å². The first-order valence-corrected chi connectivity index (χ1v) is 7.47. The third kappa shape index (κ3) is 5.16. The Kier molecular flexibility index (Phi) is 5.30. The Bertz CT molecular complexity index is 317. The maximum absolute atomic E-state index is 12.9. The van der Waals surface area contributed by atoms with Crippen LogP contribution < -0.4 is 5.32 Å². The summed E-state index contributed by atoms with van der Waals surface area (Å²) in [5.41, 5.74) is -0.428.